The second-order valence-electron chi connectivity index (χ2n) is 15.3. The second-order valence-corrected chi connectivity index (χ2v) is 15.3. The number of aromatic nitrogens is 1. The van der Waals surface area contributed by atoms with E-state index in [1.165, 1.54) is 71.5 Å². The Kier molecular flexibility index (Phi) is 8.87. The molecular weight excluding hydrogens is 725 g/mol. The quantitative estimate of drug-likeness (QED) is 0.150. The van der Waals surface area contributed by atoms with E-state index in [9.17, 15) is 0 Å². The van der Waals surface area contributed by atoms with Crippen molar-refractivity contribution >= 4 is 49.6 Å². The summed E-state index contributed by atoms with van der Waals surface area (Å²) in [5.74, 6) is 0. The van der Waals surface area contributed by atoms with Gasteiger partial charge in [0.15, 0.2) is 0 Å². The average molecular weight is 765 g/mol. The average Bonchev–Trinajstić information content (AvgIpc) is 3.67. The second kappa shape index (κ2) is 15.1. The Bertz CT molecular complexity index is 3250. The number of hydrogen-bond acceptors (Lipinski definition) is 1. The Morgan fingerprint density at radius 3 is 1.55 bits per heavy atom. The van der Waals surface area contributed by atoms with Gasteiger partial charge in [0.1, 0.15) is 0 Å². The molecule has 11 aromatic rings. The van der Waals surface area contributed by atoms with E-state index in [0.717, 1.165) is 28.3 Å². The predicted octanol–water partition coefficient (Wildman–Crippen LogP) is 16.1. The smallest absolute Gasteiger partial charge is 0.0541 e. The molecule has 0 N–H and O–H groups in total. The molecule has 60 heavy (non-hydrogen) atoms. The summed E-state index contributed by atoms with van der Waals surface area (Å²) >= 11 is 0. The lowest BCUT2D eigenvalue weighted by molar-refractivity contribution is 1.18. The van der Waals surface area contributed by atoms with Gasteiger partial charge in [-0.15, -0.1) is 0 Å². The van der Waals surface area contributed by atoms with Gasteiger partial charge in [0.05, 0.1) is 22.4 Å². The number of para-hydroxylation sites is 4. The van der Waals surface area contributed by atoms with E-state index >= 15 is 0 Å². The van der Waals surface area contributed by atoms with Gasteiger partial charge in [-0.05, 0) is 98.8 Å². The fourth-order valence-corrected chi connectivity index (χ4v) is 8.97. The zero-order valence-corrected chi connectivity index (χ0v) is 33.0. The number of hydrogen-bond donors (Lipinski definition) is 0. The SMILES string of the molecule is c1ccc(-c2ccc(N(c3ccc(-c4ccccc4-n4c5ccccc5c5ccccc54)c(-c4ccc5ccccc5c4)c3)c3ccccc3-c3ccccc3)cc2)cc1. The summed E-state index contributed by atoms with van der Waals surface area (Å²) in [5, 5.41) is 4.93. The normalized spacial score (nSPS) is 11.3. The van der Waals surface area contributed by atoms with Crippen molar-refractivity contribution in [2.24, 2.45) is 0 Å². The van der Waals surface area contributed by atoms with Gasteiger partial charge in [0.2, 0.25) is 0 Å². The van der Waals surface area contributed by atoms with Crippen molar-refractivity contribution in [1.82, 2.24) is 4.57 Å². The minimum absolute atomic E-state index is 1.08. The van der Waals surface area contributed by atoms with Gasteiger partial charge in [-0.1, -0.05) is 188 Å². The Morgan fingerprint density at radius 1 is 0.283 bits per heavy atom. The summed E-state index contributed by atoms with van der Waals surface area (Å²) in [6.07, 6.45) is 0. The first-order chi connectivity index (χ1) is 29.8. The van der Waals surface area contributed by atoms with E-state index < -0.39 is 0 Å². The summed E-state index contributed by atoms with van der Waals surface area (Å²) in [6.45, 7) is 0. The summed E-state index contributed by atoms with van der Waals surface area (Å²) < 4.78 is 2.44. The lowest BCUT2D eigenvalue weighted by atomic mass is 9.91. The van der Waals surface area contributed by atoms with Crippen molar-refractivity contribution in [3.63, 3.8) is 0 Å². The Labute approximate surface area is 350 Å². The third-order valence-corrected chi connectivity index (χ3v) is 11.8. The molecule has 0 aliphatic rings. The highest BCUT2D eigenvalue weighted by Gasteiger charge is 2.22. The highest BCUT2D eigenvalue weighted by molar-refractivity contribution is 6.10. The Balaban J connectivity index is 1.16. The van der Waals surface area contributed by atoms with E-state index in [-0.39, 0.29) is 0 Å². The number of benzene rings is 10. The summed E-state index contributed by atoms with van der Waals surface area (Å²) in [6, 6.07) is 88.0. The van der Waals surface area contributed by atoms with E-state index in [0.29, 0.717) is 0 Å². The molecule has 0 saturated heterocycles. The first kappa shape index (κ1) is 35.2. The van der Waals surface area contributed by atoms with Crippen molar-refractivity contribution in [3.8, 4) is 50.2 Å². The molecule has 0 aliphatic carbocycles. The predicted molar refractivity (Wildman–Crippen MR) is 255 cm³/mol. The van der Waals surface area contributed by atoms with Crippen LogP contribution in [-0.2, 0) is 0 Å². The zero-order valence-electron chi connectivity index (χ0n) is 33.0. The molecule has 0 bridgehead atoms. The van der Waals surface area contributed by atoms with Gasteiger partial charge in [0, 0.05) is 33.3 Å². The molecule has 0 saturated carbocycles. The zero-order chi connectivity index (χ0) is 39.8. The van der Waals surface area contributed by atoms with E-state index in [4.69, 9.17) is 0 Å². The fraction of sp³-hybridized carbons (Fsp3) is 0. The monoisotopic (exact) mass is 764 g/mol. The minimum atomic E-state index is 1.08. The molecule has 11 rings (SSSR count). The molecular formula is C58H40N2. The molecule has 1 aromatic heterocycles. The molecule has 0 radical (unpaired) electrons. The lowest BCUT2D eigenvalue weighted by Crippen LogP contribution is -2.11. The maximum Gasteiger partial charge on any atom is 0.0541 e. The van der Waals surface area contributed by atoms with Gasteiger partial charge >= 0.3 is 0 Å². The van der Waals surface area contributed by atoms with E-state index in [1.54, 1.807) is 0 Å². The van der Waals surface area contributed by atoms with Crippen LogP contribution in [0, 0.1) is 0 Å². The molecule has 282 valence electrons. The topological polar surface area (TPSA) is 8.17 Å². The first-order valence-corrected chi connectivity index (χ1v) is 20.6. The fourth-order valence-electron chi connectivity index (χ4n) is 8.97. The van der Waals surface area contributed by atoms with Gasteiger partial charge in [-0.2, -0.15) is 0 Å². The molecule has 2 nitrogen and oxygen atoms in total. The van der Waals surface area contributed by atoms with Crippen molar-refractivity contribution in [2.75, 3.05) is 4.90 Å². The summed E-state index contributed by atoms with van der Waals surface area (Å²) in [7, 11) is 0. The minimum Gasteiger partial charge on any atom is -0.310 e. The highest BCUT2D eigenvalue weighted by atomic mass is 15.1. The van der Waals surface area contributed by atoms with Crippen LogP contribution in [0.4, 0.5) is 17.1 Å². The Hall–Kier alpha value is -7.94. The summed E-state index contributed by atoms with van der Waals surface area (Å²) in [4.78, 5) is 2.42. The van der Waals surface area contributed by atoms with Gasteiger partial charge in [-0.3, -0.25) is 0 Å². The maximum absolute atomic E-state index is 2.44. The van der Waals surface area contributed by atoms with Crippen molar-refractivity contribution in [1.29, 1.82) is 0 Å². The summed E-state index contributed by atoms with van der Waals surface area (Å²) in [5.41, 5.74) is 16.2. The van der Waals surface area contributed by atoms with Crippen molar-refractivity contribution in [3.05, 3.63) is 243 Å². The van der Waals surface area contributed by atoms with E-state index in [1.807, 2.05) is 0 Å². The molecule has 0 atom stereocenters. The molecule has 0 aliphatic heterocycles. The molecule has 1 heterocycles. The van der Waals surface area contributed by atoms with Crippen LogP contribution in [0.5, 0.6) is 0 Å². The van der Waals surface area contributed by atoms with Crippen LogP contribution in [0.3, 0.4) is 0 Å². The molecule has 10 aromatic carbocycles. The van der Waals surface area contributed by atoms with Crippen LogP contribution in [0.25, 0.3) is 82.8 Å². The molecule has 2 heteroatoms. The van der Waals surface area contributed by atoms with Crippen molar-refractivity contribution < 1.29 is 0 Å². The molecule has 0 unspecified atom stereocenters. The van der Waals surface area contributed by atoms with Gasteiger partial charge in [-0.25, -0.2) is 0 Å². The van der Waals surface area contributed by atoms with Gasteiger partial charge < -0.3 is 9.47 Å². The number of rotatable bonds is 8. The standard InChI is InChI=1S/C58H40N2/c1-3-17-41(18-4-1)43-33-35-47(36-34-43)59(55-27-13-9-23-49(55)44-20-5-2-6-21-44)48-37-38-50(54(40-48)46-32-31-42-19-7-8-22-45(42)39-46)51-24-10-14-28-56(51)60-57-29-15-11-25-52(57)53-26-12-16-30-58(53)60/h1-40H. The molecule has 0 spiro atoms. The molecule has 0 amide bonds. The number of anilines is 3. The Morgan fingerprint density at radius 2 is 0.817 bits per heavy atom. The lowest BCUT2D eigenvalue weighted by Gasteiger charge is -2.29. The first-order valence-electron chi connectivity index (χ1n) is 20.6. The van der Waals surface area contributed by atoms with Crippen LogP contribution in [-0.4, -0.2) is 4.57 Å². The number of fused-ring (bicyclic) bond motifs is 4. The largest absolute Gasteiger partial charge is 0.310 e. The van der Waals surface area contributed by atoms with E-state index in [2.05, 4.69) is 252 Å². The number of nitrogens with zero attached hydrogens (tertiary/aromatic N) is 2. The maximum atomic E-state index is 2.44. The highest BCUT2D eigenvalue weighted by Crippen LogP contribution is 2.46. The van der Waals surface area contributed by atoms with Gasteiger partial charge in [0.25, 0.3) is 0 Å². The van der Waals surface area contributed by atoms with Crippen LogP contribution in [0.2, 0.25) is 0 Å². The third-order valence-electron chi connectivity index (χ3n) is 11.8. The van der Waals surface area contributed by atoms with Crippen LogP contribution in [0.15, 0.2) is 243 Å². The van der Waals surface area contributed by atoms with Crippen LogP contribution in [0.1, 0.15) is 0 Å². The van der Waals surface area contributed by atoms with Crippen molar-refractivity contribution in [2.45, 2.75) is 0 Å². The molecule has 0 fully saturated rings. The van der Waals surface area contributed by atoms with Crippen LogP contribution < -0.4 is 4.90 Å². The van der Waals surface area contributed by atoms with Crippen LogP contribution >= 0.6 is 0 Å². The third kappa shape index (κ3) is 6.23.